The van der Waals surface area contributed by atoms with Crippen molar-refractivity contribution in [3.63, 3.8) is 0 Å². The molecule has 112 valence electrons. The van der Waals surface area contributed by atoms with E-state index in [1.165, 1.54) is 0 Å². The molecule has 0 aliphatic rings. The lowest BCUT2D eigenvalue weighted by atomic mass is 9.89. The highest BCUT2D eigenvalue weighted by Gasteiger charge is 2.28. The number of amides is 2. The van der Waals surface area contributed by atoms with Crippen LogP contribution in [0.4, 0.5) is 0 Å². The summed E-state index contributed by atoms with van der Waals surface area (Å²) >= 11 is 0. The predicted octanol–water partition coefficient (Wildman–Crippen LogP) is 1.21. The van der Waals surface area contributed by atoms with E-state index in [9.17, 15) is 14.7 Å². The summed E-state index contributed by atoms with van der Waals surface area (Å²) in [4.78, 5) is 23.0. The van der Waals surface area contributed by atoms with Crippen LogP contribution in [-0.4, -0.2) is 36.1 Å². The highest BCUT2D eigenvalue weighted by molar-refractivity contribution is 5.82. The lowest BCUT2D eigenvalue weighted by Crippen LogP contribution is -2.43. The zero-order chi connectivity index (χ0) is 14.9. The normalized spacial score (nSPS) is 12.9. The molecule has 1 atom stereocenters. The first-order valence-corrected chi connectivity index (χ1v) is 7.01. The molecular formula is C14H28N2O3. The van der Waals surface area contributed by atoms with E-state index in [4.69, 9.17) is 0 Å². The van der Waals surface area contributed by atoms with Gasteiger partial charge >= 0.3 is 0 Å². The average Bonchev–Trinajstić information content (AvgIpc) is 2.32. The van der Waals surface area contributed by atoms with Gasteiger partial charge in [-0.05, 0) is 11.8 Å². The highest BCUT2D eigenvalue weighted by atomic mass is 16.3. The summed E-state index contributed by atoms with van der Waals surface area (Å²) in [5, 5.41) is 15.1. The first-order valence-electron chi connectivity index (χ1n) is 7.01. The maximum Gasteiger partial charge on any atom is 0.249 e. The van der Waals surface area contributed by atoms with Gasteiger partial charge in [-0.25, -0.2) is 0 Å². The van der Waals surface area contributed by atoms with E-state index in [1.807, 2.05) is 0 Å². The largest absolute Gasteiger partial charge is 0.383 e. The van der Waals surface area contributed by atoms with Gasteiger partial charge in [-0.1, -0.05) is 40.5 Å². The van der Waals surface area contributed by atoms with Crippen LogP contribution in [0.2, 0.25) is 0 Å². The van der Waals surface area contributed by atoms with Crippen molar-refractivity contribution in [2.45, 2.75) is 59.5 Å². The van der Waals surface area contributed by atoms with Gasteiger partial charge in [0.2, 0.25) is 11.8 Å². The van der Waals surface area contributed by atoms with E-state index < -0.39 is 17.4 Å². The molecule has 0 rings (SSSR count). The van der Waals surface area contributed by atoms with Crippen molar-refractivity contribution in [3.05, 3.63) is 0 Å². The van der Waals surface area contributed by atoms with Crippen LogP contribution in [-0.2, 0) is 9.59 Å². The Morgan fingerprint density at radius 3 is 2.26 bits per heavy atom. The van der Waals surface area contributed by atoms with Crippen molar-refractivity contribution in [1.82, 2.24) is 10.6 Å². The van der Waals surface area contributed by atoms with Crippen molar-refractivity contribution >= 4 is 11.8 Å². The van der Waals surface area contributed by atoms with Gasteiger partial charge in [0.1, 0.15) is 6.10 Å². The number of unbranched alkanes of at least 4 members (excludes halogenated alkanes) is 2. The molecule has 0 heterocycles. The smallest absolute Gasteiger partial charge is 0.249 e. The van der Waals surface area contributed by atoms with Gasteiger partial charge in [0.25, 0.3) is 0 Å². The lowest BCUT2D eigenvalue weighted by molar-refractivity contribution is -0.134. The maximum atomic E-state index is 11.6. The van der Waals surface area contributed by atoms with E-state index in [0.717, 1.165) is 19.3 Å². The molecule has 0 saturated heterocycles. The van der Waals surface area contributed by atoms with Crippen LogP contribution in [0.15, 0.2) is 0 Å². The van der Waals surface area contributed by atoms with Crippen molar-refractivity contribution in [1.29, 1.82) is 0 Å². The van der Waals surface area contributed by atoms with Crippen molar-refractivity contribution in [3.8, 4) is 0 Å². The van der Waals surface area contributed by atoms with Gasteiger partial charge in [0.15, 0.2) is 0 Å². The maximum absolute atomic E-state index is 11.6. The van der Waals surface area contributed by atoms with E-state index in [0.29, 0.717) is 6.54 Å². The Labute approximate surface area is 116 Å². The topological polar surface area (TPSA) is 78.4 Å². The van der Waals surface area contributed by atoms with Crippen LogP contribution in [0.25, 0.3) is 0 Å². The number of hydrogen-bond donors (Lipinski definition) is 3. The second-order valence-corrected chi connectivity index (χ2v) is 5.87. The molecule has 19 heavy (non-hydrogen) atoms. The summed E-state index contributed by atoms with van der Waals surface area (Å²) < 4.78 is 0. The number of aliphatic hydroxyl groups excluding tert-OH is 1. The van der Waals surface area contributed by atoms with Gasteiger partial charge in [-0.15, -0.1) is 0 Å². The van der Waals surface area contributed by atoms with E-state index in [1.54, 1.807) is 20.8 Å². The Kier molecular flexibility index (Phi) is 8.39. The number of aliphatic hydroxyl groups is 1. The molecule has 0 aromatic heterocycles. The van der Waals surface area contributed by atoms with Gasteiger partial charge in [0, 0.05) is 19.5 Å². The van der Waals surface area contributed by atoms with Crippen LogP contribution < -0.4 is 10.6 Å². The lowest BCUT2D eigenvalue weighted by Gasteiger charge is -2.24. The molecule has 5 heteroatoms. The van der Waals surface area contributed by atoms with Crippen LogP contribution in [0.3, 0.4) is 0 Å². The molecule has 0 bridgehead atoms. The second-order valence-electron chi connectivity index (χ2n) is 5.87. The molecule has 0 aliphatic carbocycles. The van der Waals surface area contributed by atoms with E-state index in [2.05, 4.69) is 17.6 Å². The van der Waals surface area contributed by atoms with Gasteiger partial charge in [-0.3, -0.25) is 9.59 Å². The minimum absolute atomic E-state index is 0.0679. The summed E-state index contributed by atoms with van der Waals surface area (Å²) in [7, 11) is 0. The molecule has 3 N–H and O–H groups in total. The number of carbonyl (C=O) groups excluding carboxylic acids is 2. The molecule has 0 aliphatic heterocycles. The van der Waals surface area contributed by atoms with E-state index in [-0.39, 0.29) is 18.9 Å². The predicted molar refractivity (Wildman–Crippen MR) is 75.6 cm³/mol. The highest BCUT2D eigenvalue weighted by Crippen LogP contribution is 2.18. The Morgan fingerprint density at radius 2 is 1.74 bits per heavy atom. The quantitative estimate of drug-likeness (QED) is 0.581. The standard InChI is InChI=1S/C14H28N2O3/c1-5-6-7-9-15-11(17)8-10-16-13(19)12(18)14(2,3)4/h12,18H,5-10H2,1-4H3,(H,15,17)(H,16,19)/t12-/m0/s1. The Hall–Kier alpha value is -1.10. The molecule has 0 spiro atoms. The number of hydrogen-bond acceptors (Lipinski definition) is 3. The third-order valence-electron chi connectivity index (χ3n) is 2.82. The minimum Gasteiger partial charge on any atom is -0.383 e. The molecule has 0 radical (unpaired) electrons. The molecule has 0 aromatic rings. The van der Waals surface area contributed by atoms with E-state index >= 15 is 0 Å². The molecule has 0 fully saturated rings. The molecule has 0 aromatic carbocycles. The molecule has 0 unspecified atom stereocenters. The average molecular weight is 272 g/mol. The SMILES string of the molecule is CCCCCNC(=O)CCNC(=O)[C@H](O)C(C)(C)C. The fourth-order valence-electron chi connectivity index (χ4n) is 1.48. The molecule has 2 amide bonds. The van der Waals surface area contributed by atoms with Gasteiger partial charge in [-0.2, -0.15) is 0 Å². The first-order chi connectivity index (χ1) is 8.79. The van der Waals surface area contributed by atoms with Crippen molar-refractivity contribution in [2.24, 2.45) is 5.41 Å². The molecular weight excluding hydrogens is 244 g/mol. The van der Waals surface area contributed by atoms with Crippen molar-refractivity contribution in [2.75, 3.05) is 13.1 Å². The number of rotatable bonds is 8. The molecule has 0 saturated carbocycles. The third kappa shape index (κ3) is 8.59. The van der Waals surface area contributed by atoms with Crippen LogP contribution >= 0.6 is 0 Å². The fraction of sp³-hybridized carbons (Fsp3) is 0.857. The summed E-state index contributed by atoms with van der Waals surface area (Å²) in [6, 6.07) is 0. The Balaban J connectivity index is 3.73. The Morgan fingerprint density at radius 1 is 1.11 bits per heavy atom. The summed E-state index contributed by atoms with van der Waals surface area (Å²) in [5.41, 5.74) is -0.494. The zero-order valence-corrected chi connectivity index (χ0v) is 12.6. The van der Waals surface area contributed by atoms with Crippen molar-refractivity contribution < 1.29 is 14.7 Å². The van der Waals surface area contributed by atoms with Crippen LogP contribution in [0, 0.1) is 5.41 Å². The third-order valence-corrected chi connectivity index (χ3v) is 2.82. The fourth-order valence-corrected chi connectivity index (χ4v) is 1.48. The summed E-state index contributed by atoms with van der Waals surface area (Å²) in [5.74, 6) is -0.493. The first kappa shape index (κ1) is 17.9. The summed E-state index contributed by atoms with van der Waals surface area (Å²) in [6.45, 7) is 8.42. The Bertz CT molecular complexity index is 285. The zero-order valence-electron chi connectivity index (χ0n) is 12.6. The summed E-state index contributed by atoms with van der Waals surface area (Å²) in [6.07, 6.45) is 2.40. The van der Waals surface area contributed by atoms with Crippen LogP contribution in [0.5, 0.6) is 0 Å². The monoisotopic (exact) mass is 272 g/mol. The number of carbonyl (C=O) groups is 2. The van der Waals surface area contributed by atoms with Gasteiger partial charge in [0.05, 0.1) is 0 Å². The van der Waals surface area contributed by atoms with Gasteiger partial charge < -0.3 is 15.7 Å². The van der Waals surface area contributed by atoms with Crippen LogP contribution in [0.1, 0.15) is 53.4 Å². The molecule has 5 nitrogen and oxygen atoms in total. The minimum atomic E-state index is -1.06. The second kappa shape index (κ2) is 8.91. The number of nitrogens with one attached hydrogen (secondary N) is 2.